The highest BCUT2D eigenvalue weighted by molar-refractivity contribution is 5.68. The number of nitrogens with zero attached hydrogens (tertiary/aromatic N) is 1. The topological polar surface area (TPSA) is 29.5 Å². The molecule has 25 heavy (non-hydrogen) atoms. The summed E-state index contributed by atoms with van der Waals surface area (Å²) in [6.45, 7) is 7.25. The Morgan fingerprint density at radius 2 is 1.64 bits per heavy atom. The molecule has 0 N–H and O–H groups in total. The SMILES string of the molecule is CC(C)(C)OC(=O)N1CCCC(c2ccc(-c3ccccc3)cc2)C1. The van der Waals surface area contributed by atoms with Gasteiger partial charge in [0, 0.05) is 19.0 Å². The van der Waals surface area contributed by atoms with Crippen LogP contribution in [0.5, 0.6) is 0 Å². The van der Waals surface area contributed by atoms with E-state index in [9.17, 15) is 4.79 Å². The predicted molar refractivity (Wildman–Crippen MR) is 102 cm³/mol. The molecule has 3 rings (SSSR count). The van der Waals surface area contributed by atoms with E-state index in [1.165, 1.54) is 16.7 Å². The van der Waals surface area contributed by atoms with Crippen molar-refractivity contribution in [3.8, 4) is 11.1 Å². The Hall–Kier alpha value is -2.29. The van der Waals surface area contributed by atoms with Gasteiger partial charge in [-0.05, 0) is 50.3 Å². The zero-order valence-corrected chi connectivity index (χ0v) is 15.4. The van der Waals surface area contributed by atoms with Crippen molar-refractivity contribution in [2.24, 2.45) is 0 Å². The number of carbonyl (C=O) groups is 1. The van der Waals surface area contributed by atoms with Gasteiger partial charge in [0.1, 0.15) is 5.60 Å². The zero-order valence-electron chi connectivity index (χ0n) is 15.4. The molecule has 1 aliphatic heterocycles. The highest BCUT2D eigenvalue weighted by Gasteiger charge is 2.28. The number of likely N-dealkylation sites (tertiary alicyclic amines) is 1. The summed E-state index contributed by atoms with van der Waals surface area (Å²) in [5.74, 6) is 0.381. The summed E-state index contributed by atoms with van der Waals surface area (Å²) in [6, 6.07) is 19.2. The molecule has 2 aromatic carbocycles. The first-order valence-electron chi connectivity index (χ1n) is 9.06. The molecule has 2 aromatic rings. The molecule has 3 nitrogen and oxygen atoms in total. The maximum Gasteiger partial charge on any atom is 0.410 e. The number of ether oxygens (including phenoxy) is 1. The van der Waals surface area contributed by atoms with Crippen molar-refractivity contribution in [1.82, 2.24) is 4.90 Å². The van der Waals surface area contributed by atoms with Gasteiger partial charge in [-0.15, -0.1) is 0 Å². The van der Waals surface area contributed by atoms with E-state index in [-0.39, 0.29) is 6.09 Å². The summed E-state index contributed by atoms with van der Waals surface area (Å²) in [6.07, 6.45) is 1.94. The minimum Gasteiger partial charge on any atom is -0.444 e. The summed E-state index contributed by atoms with van der Waals surface area (Å²) >= 11 is 0. The van der Waals surface area contributed by atoms with Crippen LogP contribution in [0, 0.1) is 0 Å². The molecule has 0 radical (unpaired) electrons. The Kier molecular flexibility index (Phi) is 5.12. The number of hydrogen-bond acceptors (Lipinski definition) is 2. The highest BCUT2D eigenvalue weighted by Crippen LogP contribution is 2.29. The molecule has 0 aromatic heterocycles. The first-order valence-corrected chi connectivity index (χ1v) is 9.06. The lowest BCUT2D eigenvalue weighted by molar-refractivity contribution is 0.0198. The van der Waals surface area contributed by atoms with Crippen LogP contribution in [0.1, 0.15) is 45.1 Å². The lowest BCUT2D eigenvalue weighted by atomic mass is 9.89. The first-order chi connectivity index (χ1) is 11.9. The van der Waals surface area contributed by atoms with Gasteiger partial charge in [-0.3, -0.25) is 0 Å². The number of carbonyl (C=O) groups excluding carboxylic acids is 1. The van der Waals surface area contributed by atoms with Gasteiger partial charge in [0.25, 0.3) is 0 Å². The summed E-state index contributed by atoms with van der Waals surface area (Å²) < 4.78 is 5.53. The highest BCUT2D eigenvalue weighted by atomic mass is 16.6. The van der Waals surface area contributed by atoms with Crippen LogP contribution >= 0.6 is 0 Å². The lowest BCUT2D eigenvalue weighted by Crippen LogP contribution is -2.42. The van der Waals surface area contributed by atoms with Crippen molar-refractivity contribution in [2.75, 3.05) is 13.1 Å². The van der Waals surface area contributed by atoms with Gasteiger partial charge < -0.3 is 9.64 Å². The minimum atomic E-state index is -0.443. The average Bonchev–Trinajstić information content (AvgIpc) is 2.61. The molecule has 1 fully saturated rings. The smallest absolute Gasteiger partial charge is 0.410 e. The minimum absolute atomic E-state index is 0.196. The van der Waals surface area contributed by atoms with E-state index in [0.29, 0.717) is 5.92 Å². The molecule has 1 saturated heterocycles. The second-order valence-corrected chi connectivity index (χ2v) is 7.75. The van der Waals surface area contributed by atoms with Gasteiger partial charge in [-0.2, -0.15) is 0 Å². The fourth-order valence-electron chi connectivity index (χ4n) is 3.32. The van der Waals surface area contributed by atoms with Crippen molar-refractivity contribution in [3.05, 3.63) is 60.2 Å². The predicted octanol–water partition coefficient (Wildman–Crippen LogP) is 5.47. The number of rotatable bonds is 2. The number of amides is 1. The molecule has 1 unspecified atom stereocenters. The van der Waals surface area contributed by atoms with Gasteiger partial charge in [0.05, 0.1) is 0 Å². The first kappa shape index (κ1) is 17.5. The second kappa shape index (κ2) is 7.30. The second-order valence-electron chi connectivity index (χ2n) is 7.75. The van der Waals surface area contributed by atoms with E-state index in [2.05, 4.69) is 48.5 Å². The van der Waals surface area contributed by atoms with Crippen molar-refractivity contribution in [3.63, 3.8) is 0 Å². The molecule has 1 aliphatic rings. The molecule has 0 bridgehead atoms. The van der Waals surface area contributed by atoms with Gasteiger partial charge >= 0.3 is 6.09 Å². The molecular formula is C22H27NO2. The van der Waals surface area contributed by atoms with Crippen LogP contribution in [0.25, 0.3) is 11.1 Å². The molecule has 0 spiro atoms. The van der Waals surface area contributed by atoms with Gasteiger partial charge in [0.15, 0.2) is 0 Å². The average molecular weight is 337 g/mol. The van der Waals surface area contributed by atoms with Crippen LogP contribution in [0.4, 0.5) is 4.79 Å². The Bertz CT molecular complexity index is 701. The molecule has 1 heterocycles. The van der Waals surface area contributed by atoms with Gasteiger partial charge in [-0.25, -0.2) is 4.79 Å². The van der Waals surface area contributed by atoms with Crippen molar-refractivity contribution >= 4 is 6.09 Å². The quantitative estimate of drug-likeness (QED) is 0.727. The third-order valence-electron chi connectivity index (χ3n) is 4.56. The maximum atomic E-state index is 12.3. The van der Waals surface area contributed by atoms with Crippen LogP contribution in [0.2, 0.25) is 0 Å². The fourth-order valence-corrected chi connectivity index (χ4v) is 3.32. The standard InChI is InChI=1S/C22H27NO2/c1-22(2,3)25-21(24)23-15-7-10-20(16-23)19-13-11-18(12-14-19)17-8-5-4-6-9-17/h4-6,8-9,11-14,20H,7,10,15-16H2,1-3H3. The van der Waals surface area contributed by atoms with Crippen LogP contribution in [0.3, 0.4) is 0 Å². The van der Waals surface area contributed by atoms with E-state index >= 15 is 0 Å². The monoisotopic (exact) mass is 337 g/mol. The molecule has 132 valence electrons. The molecular weight excluding hydrogens is 310 g/mol. The van der Waals surface area contributed by atoms with E-state index in [1.54, 1.807) is 0 Å². The summed E-state index contributed by atoms with van der Waals surface area (Å²) in [4.78, 5) is 14.2. The van der Waals surface area contributed by atoms with Crippen molar-refractivity contribution in [2.45, 2.75) is 45.1 Å². The zero-order chi connectivity index (χ0) is 17.9. The Balaban J connectivity index is 1.68. The largest absolute Gasteiger partial charge is 0.444 e. The van der Waals surface area contributed by atoms with Crippen molar-refractivity contribution < 1.29 is 9.53 Å². The number of piperidine rings is 1. The van der Waals surface area contributed by atoms with E-state index in [0.717, 1.165) is 25.9 Å². The number of hydrogen-bond donors (Lipinski definition) is 0. The molecule has 0 aliphatic carbocycles. The number of benzene rings is 2. The lowest BCUT2D eigenvalue weighted by Gasteiger charge is -2.34. The molecule has 3 heteroatoms. The third-order valence-corrected chi connectivity index (χ3v) is 4.56. The van der Waals surface area contributed by atoms with Crippen LogP contribution < -0.4 is 0 Å². The van der Waals surface area contributed by atoms with E-state index in [1.807, 2.05) is 31.7 Å². The third kappa shape index (κ3) is 4.62. The van der Waals surface area contributed by atoms with E-state index < -0.39 is 5.60 Å². The maximum absolute atomic E-state index is 12.3. The summed E-state index contributed by atoms with van der Waals surface area (Å²) in [5.41, 5.74) is 3.31. The summed E-state index contributed by atoms with van der Waals surface area (Å²) in [5, 5.41) is 0. The van der Waals surface area contributed by atoms with Crippen LogP contribution in [0.15, 0.2) is 54.6 Å². The van der Waals surface area contributed by atoms with Gasteiger partial charge in [0.2, 0.25) is 0 Å². The van der Waals surface area contributed by atoms with E-state index in [4.69, 9.17) is 4.74 Å². The Morgan fingerprint density at radius 3 is 2.28 bits per heavy atom. The molecule has 1 amide bonds. The van der Waals surface area contributed by atoms with Crippen molar-refractivity contribution in [1.29, 1.82) is 0 Å². The van der Waals surface area contributed by atoms with Gasteiger partial charge in [-0.1, -0.05) is 54.6 Å². The molecule has 0 saturated carbocycles. The molecule has 1 atom stereocenters. The Morgan fingerprint density at radius 1 is 1.00 bits per heavy atom. The summed E-state index contributed by atoms with van der Waals surface area (Å²) in [7, 11) is 0. The van der Waals surface area contributed by atoms with Crippen LogP contribution in [-0.4, -0.2) is 29.7 Å². The Labute approximate surface area is 150 Å². The normalized spacial score (nSPS) is 18.0. The fraction of sp³-hybridized carbons (Fsp3) is 0.409. The van der Waals surface area contributed by atoms with Crippen LogP contribution in [-0.2, 0) is 4.74 Å².